The minimum Gasteiger partial charge on any atom is -0.504 e. The molecule has 3 fully saturated rings. The Bertz CT molecular complexity index is 1620. The number of halogens is 2. The molecule has 0 bridgehead atoms. The van der Waals surface area contributed by atoms with Crippen molar-refractivity contribution >= 4 is 64.7 Å². The van der Waals surface area contributed by atoms with Crippen LogP contribution in [0.25, 0.3) is 12.2 Å². The number of benzene rings is 2. The van der Waals surface area contributed by atoms with Gasteiger partial charge in [-0.05, 0) is 54.2 Å². The fourth-order valence-electron chi connectivity index (χ4n) is 7.01. The molecule has 0 aromatic heterocycles. The van der Waals surface area contributed by atoms with Crippen molar-refractivity contribution in [2.24, 2.45) is 23.7 Å². The van der Waals surface area contributed by atoms with Gasteiger partial charge in [0.2, 0.25) is 11.8 Å². The van der Waals surface area contributed by atoms with E-state index in [2.05, 4.69) is 6.58 Å². The third-order valence-corrected chi connectivity index (χ3v) is 10.6. The minimum absolute atomic E-state index is 0.0340. The first-order chi connectivity index (χ1) is 20.0. The van der Waals surface area contributed by atoms with E-state index in [1.807, 2.05) is 6.08 Å². The van der Waals surface area contributed by atoms with Crippen LogP contribution in [0.5, 0.6) is 11.5 Å². The number of alkyl halides is 2. The van der Waals surface area contributed by atoms with Gasteiger partial charge in [-0.15, -0.1) is 23.2 Å². The van der Waals surface area contributed by atoms with Crippen LogP contribution in [-0.2, 0) is 19.2 Å². The summed E-state index contributed by atoms with van der Waals surface area (Å²) in [5.41, 5.74) is 2.65. The number of carbonyl (C=O) groups is 4. The minimum atomic E-state index is -1.85. The number of hydrogen-bond acceptors (Lipinski definition) is 6. The summed E-state index contributed by atoms with van der Waals surface area (Å²) in [4.78, 5) is 53.2. The molecule has 2 saturated heterocycles. The maximum Gasteiger partial charge on any atom is 0.253 e. The number of hydrogen-bond donors (Lipinski definition) is 1. The molecule has 4 amide bonds. The standard InChI is InChI=1S/C32H28Cl2N2O6/c1-4-17-5-9-19(10-6-17)36-27(38)21-12-11-20-22(26(21)28(36)39)16-31(33)29(40)35(2)30(41)32(31,34)23(20)13-7-18-8-14-24(37)25(15-18)42-3/h4-11,13-15,21-23,26,37H,1,12,16H2,2-3H3/t21-,22+,23-,26-,31+,32-/m0/s1. The Morgan fingerprint density at radius 1 is 1.00 bits per heavy atom. The molecule has 6 rings (SSSR count). The van der Waals surface area contributed by atoms with E-state index < -0.39 is 45.2 Å². The molecular weight excluding hydrogens is 579 g/mol. The Hall–Kier alpha value is -3.88. The average molecular weight is 607 g/mol. The number of amides is 4. The van der Waals surface area contributed by atoms with Crippen molar-refractivity contribution in [3.8, 4) is 11.5 Å². The van der Waals surface area contributed by atoms with Gasteiger partial charge in [-0.3, -0.25) is 29.0 Å². The molecule has 1 saturated carbocycles. The molecule has 10 heteroatoms. The molecule has 0 radical (unpaired) electrons. The quantitative estimate of drug-likeness (QED) is 0.298. The topological polar surface area (TPSA) is 104 Å². The number of anilines is 1. The Labute approximate surface area is 252 Å². The fourth-order valence-corrected chi connectivity index (χ4v) is 7.99. The van der Waals surface area contributed by atoms with Gasteiger partial charge in [0.05, 0.1) is 24.6 Å². The molecule has 2 aliphatic heterocycles. The van der Waals surface area contributed by atoms with Gasteiger partial charge < -0.3 is 9.84 Å². The van der Waals surface area contributed by atoms with Crippen LogP contribution in [0.1, 0.15) is 24.0 Å². The molecule has 8 nitrogen and oxygen atoms in total. The number of imide groups is 2. The van der Waals surface area contributed by atoms with E-state index >= 15 is 0 Å². The van der Waals surface area contributed by atoms with Crippen molar-refractivity contribution in [3.63, 3.8) is 0 Å². The number of rotatable bonds is 5. The van der Waals surface area contributed by atoms with Crippen molar-refractivity contribution in [1.29, 1.82) is 0 Å². The van der Waals surface area contributed by atoms with Crippen molar-refractivity contribution in [2.75, 3.05) is 19.1 Å². The van der Waals surface area contributed by atoms with Crippen LogP contribution in [0.2, 0.25) is 0 Å². The lowest BCUT2D eigenvalue weighted by Gasteiger charge is -2.49. The highest BCUT2D eigenvalue weighted by Gasteiger charge is 2.75. The summed E-state index contributed by atoms with van der Waals surface area (Å²) >= 11 is 14.3. The number of fused-ring (bicyclic) bond motifs is 4. The number of ether oxygens (including phenoxy) is 1. The normalized spacial score (nSPS) is 32.1. The maximum atomic E-state index is 14.0. The van der Waals surface area contributed by atoms with Gasteiger partial charge in [0, 0.05) is 13.0 Å². The number of carbonyl (C=O) groups excluding carboxylic acids is 4. The first-order valence-corrected chi connectivity index (χ1v) is 14.3. The van der Waals surface area contributed by atoms with Gasteiger partial charge >= 0.3 is 0 Å². The molecule has 0 spiro atoms. The fraction of sp³-hybridized carbons (Fsp3) is 0.312. The Morgan fingerprint density at radius 3 is 2.36 bits per heavy atom. The lowest BCUT2D eigenvalue weighted by molar-refractivity contribution is -0.138. The highest BCUT2D eigenvalue weighted by molar-refractivity contribution is 6.53. The molecule has 2 aromatic rings. The van der Waals surface area contributed by atoms with E-state index in [1.54, 1.807) is 54.6 Å². The Balaban J connectivity index is 1.44. The van der Waals surface area contributed by atoms with Crippen LogP contribution in [0.4, 0.5) is 5.69 Å². The largest absolute Gasteiger partial charge is 0.504 e. The smallest absolute Gasteiger partial charge is 0.253 e. The van der Waals surface area contributed by atoms with E-state index in [9.17, 15) is 24.3 Å². The third kappa shape index (κ3) is 3.74. The molecular formula is C32H28Cl2N2O6. The van der Waals surface area contributed by atoms with Crippen LogP contribution in [0.15, 0.2) is 66.8 Å². The average Bonchev–Trinajstić information content (AvgIpc) is 3.32. The maximum absolute atomic E-state index is 14.0. The molecule has 0 unspecified atom stereocenters. The van der Waals surface area contributed by atoms with Gasteiger partial charge in [-0.25, -0.2) is 0 Å². The number of likely N-dealkylation sites (tertiary alicyclic amines) is 1. The first kappa shape index (κ1) is 28.2. The van der Waals surface area contributed by atoms with Gasteiger partial charge in [0.25, 0.3) is 11.8 Å². The van der Waals surface area contributed by atoms with Crippen molar-refractivity contribution < 1.29 is 29.0 Å². The Morgan fingerprint density at radius 2 is 1.69 bits per heavy atom. The van der Waals surface area contributed by atoms with Gasteiger partial charge in [0.1, 0.15) is 0 Å². The monoisotopic (exact) mass is 606 g/mol. The number of nitrogens with zero attached hydrogens (tertiary/aromatic N) is 2. The number of phenols is 1. The molecule has 216 valence electrons. The van der Waals surface area contributed by atoms with E-state index in [0.29, 0.717) is 16.8 Å². The highest BCUT2D eigenvalue weighted by atomic mass is 35.5. The summed E-state index contributed by atoms with van der Waals surface area (Å²) in [6.07, 6.45) is 7.19. The zero-order chi connectivity index (χ0) is 30.1. The highest BCUT2D eigenvalue weighted by Crippen LogP contribution is 2.63. The molecule has 42 heavy (non-hydrogen) atoms. The lowest BCUT2D eigenvalue weighted by Crippen LogP contribution is -2.60. The Kier molecular flexibility index (Phi) is 6.62. The summed E-state index contributed by atoms with van der Waals surface area (Å²) < 4.78 is 5.22. The molecule has 2 aromatic carbocycles. The van der Waals surface area contributed by atoms with Crippen molar-refractivity contribution in [3.05, 3.63) is 77.9 Å². The first-order valence-electron chi connectivity index (χ1n) is 13.5. The second-order valence-electron chi connectivity index (χ2n) is 11.1. The molecule has 4 aliphatic rings. The molecule has 2 heterocycles. The predicted molar refractivity (Wildman–Crippen MR) is 159 cm³/mol. The lowest BCUT2D eigenvalue weighted by atomic mass is 9.57. The number of methoxy groups -OCH3 is 1. The van der Waals surface area contributed by atoms with E-state index in [4.69, 9.17) is 27.9 Å². The SMILES string of the molecule is C=Cc1ccc(N2C(=O)[C@H]3[C@H](CC=C4[C@H]3C[C@@]3(Cl)C(=O)N(C)C(=O)[C@@]3(Cl)[C@H]4C=Cc3ccc(O)c(OC)c3)C2=O)cc1. The van der Waals surface area contributed by atoms with Crippen molar-refractivity contribution in [2.45, 2.75) is 22.6 Å². The second-order valence-corrected chi connectivity index (χ2v) is 12.4. The second kappa shape index (κ2) is 9.85. The summed E-state index contributed by atoms with van der Waals surface area (Å²) in [5.74, 6) is -4.59. The third-order valence-electron chi connectivity index (χ3n) is 9.14. The van der Waals surface area contributed by atoms with Crippen LogP contribution in [0, 0.1) is 23.7 Å². The van der Waals surface area contributed by atoms with Gasteiger partial charge in [-0.1, -0.05) is 54.7 Å². The zero-order valence-electron chi connectivity index (χ0n) is 22.9. The number of phenolic OH excluding ortho intramolecular Hbond substituents is 1. The zero-order valence-corrected chi connectivity index (χ0v) is 24.4. The summed E-state index contributed by atoms with van der Waals surface area (Å²) in [5, 5.41) is 10.0. The van der Waals surface area contributed by atoms with E-state index in [-0.39, 0.29) is 36.2 Å². The van der Waals surface area contributed by atoms with Crippen LogP contribution in [0.3, 0.4) is 0 Å². The molecule has 6 atom stereocenters. The molecule has 2 aliphatic carbocycles. The predicted octanol–water partition coefficient (Wildman–Crippen LogP) is 4.78. The van der Waals surface area contributed by atoms with Crippen LogP contribution in [-0.4, -0.2) is 57.5 Å². The number of allylic oxidation sites excluding steroid dienone is 3. The van der Waals surface area contributed by atoms with Gasteiger partial charge in [-0.2, -0.15) is 0 Å². The van der Waals surface area contributed by atoms with Crippen molar-refractivity contribution in [1.82, 2.24) is 4.90 Å². The van der Waals surface area contributed by atoms with Crippen LogP contribution >= 0.6 is 23.2 Å². The summed E-state index contributed by atoms with van der Waals surface area (Å²) in [6.45, 7) is 3.75. The van der Waals surface area contributed by atoms with Crippen LogP contribution < -0.4 is 9.64 Å². The number of aromatic hydroxyl groups is 1. The summed E-state index contributed by atoms with van der Waals surface area (Å²) in [6, 6.07) is 11.7. The molecule has 1 N–H and O–H groups in total. The van der Waals surface area contributed by atoms with Gasteiger partial charge in [0.15, 0.2) is 21.2 Å². The summed E-state index contributed by atoms with van der Waals surface area (Å²) in [7, 11) is 2.78. The van der Waals surface area contributed by atoms with E-state index in [0.717, 1.165) is 10.5 Å². The van der Waals surface area contributed by atoms with E-state index in [1.165, 1.54) is 25.1 Å².